The Morgan fingerprint density at radius 1 is 1.73 bits per heavy atom. The lowest BCUT2D eigenvalue weighted by molar-refractivity contribution is -0.146. The first-order valence-electron chi connectivity index (χ1n) is 3.50. The van der Waals surface area contributed by atoms with E-state index < -0.39 is 11.9 Å². The van der Waals surface area contributed by atoms with E-state index in [0.29, 0.717) is 6.42 Å². The molecule has 0 saturated carbocycles. The van der Waals surface area contributed by atoms with Crippen molar-refractivity contribution in [2.24, 2.45) is 5.92 Å². The Kier molecular flexibility index (Phi) is 2.54. The molecule has 0 aromatic heterocycles. The maximum atomic E-state index is 11.1. The van der Waals surface area contributed by atoms with Gasteiger partial charge >= 0.3 is 5.97 Å². The monoisotopic (exact) mass is 174 g/mol. The molecule has 11 heavy (non-hydrogen) atoms. The number of carbonyl (C=O) groups excluding carboxylic acids is 1. The standard InChI is InChI=1S/C7H10O3S/c1-4-6(7(9)10)5(8)2-3-11-4/h4,6H,2-3H2,1H3,(H,9,10). The first-order valence-corrected chi connectivity index (χ1v) is 4.55. The summed E-state index contributed by atoms with van der Waals surface area (Å²) in [5.41, 5.74) is 0. The third kappa shape index (κ3) is 1.74. The number of carboxylic acids is 1. The van der Waals surface area contributed by atoms with E-state index in [0.717, 1.165) is 5.75 Å². The fraction of sp³-hybridized carbons (Fsp3) is 0.714. The Hall–Kier alpha value is -0.510. The smallest absolute Gasteiger partial charge is 0.315 e. The van der Waals surface area contributed by atoms with Gasteiger partial charge in [0.25, 0.3) is 0 Å². The highest BCUT2D eigenvalue weighted by Gasteiger charge is 2.34. The van der Waals surface area contributed by atoms with Crippen molar-refractivity contribution < 1.29 is 14.7 Å². The summed E-state index contributed by atoms with van der Waals surface area (Å²) in [7, 11) is 0. The minimum absolute atomic E-state index is 0.0613. The summed E-state index contributed by atoms with van der Waals surface area (Å²) in [6.07, 6.45) is 0.409. The molecule has 2 atom stereocenters. The third-order valence-corrected chi connectivity index (χ3v) is 3.05. The van der Waals surface area contributed by atoms with Crippen LogP contribution in [-0.2, 0) is 9.59 Å². The van der Waals surface area contributed by atoms with Crippen LogP contribution in [-0.4, -0.2) is 27.9 Å². The Morgan fingerprint density at radius 2 is 2.36 bits per heavy atom. The van der Waals surface area contributed by atoms with Gasteiger partial charge in [-0.15, -0.1) is 0 Å². The van der Waals surface area contributed by atoms with Crippen molar-refractivity contribution in [1.29, 1.82) is 0 Å². The largest absolute Gasteiger partial charge is 0.481 e. The predicted octanol–water partition coefficient (Wildman–Crippen LogP) is 0.782. The molecule has 1 aliphatic rings. The maximum absolute atomic E-state index is 11.1. The van der Waals surface area contributed by atoms with Gasteiger partial charge in [-0.3, -0.25) is 9.59 Å². The number of rotatable bonds is 1. The van der Waals surface area contributed by atoms with Crippen LogP contribution in [0.4, 0.5) is 0 Å². The van der Waals surface area contributed by atoms with Crippen LogP contribution in [0.5, 0.6) is 0 Å². The van der Waals surface area contributed by atoms with Gasteiger partial charge < -0.3 is 5.11 Å². The summed E-state index contributed by atoms with van der Waals surface area (Å²) in [4.78, 5) is 21.6. The first-order chi connectivity index (χ1) is 5.13. The van der Waals surface area contributed by atoms with E-state index in [2.05, 4.69) is 0 Å². The summed E-state index contributed by atoms with van der Waals surface area (Å²) in [6.45, 7) is 1.79. The molecule has 0 aliphatic carbocycles. The molecule has 0 bridgehead atoms. The minimum atomic E-state index is -0.977. The van der Waals surface area contributed by atoms with E-state index in [4.69, 9.17) is 5.11 Å². The molecule has 1 fully saturated rings. The predicted molar refractivity (Wildman–Crippen MR) is 42.7 cm³/mol. The van der Waals surface area contributed by atoms with E-state index in [1.807, 2.05) is 0 Å². The van der Waals surface area contributed by atoms with E-state index in [1.54, 1.807) is 18.7 Å². The van der Waals surface area contributed by atoms with Crippen LogP contribution in [0, 0.1) is 5.92 Å². The number of ketones is 1. The zero-order valence-electron chi connectivity index (χ0n) is 6.24. The summed E-state index contributed by atoms with van der Waals surface area (Å²) in [5, 5.41) is 8.58. The second-order valence-electron chi connectivity index (χ2n) is 2.61. The van der Waals surface area contributed by atoms with Crippen LogP contribution in [0.3, 0.4) is 0 Å². The van der Waals surface area contributed by atoms with Gasteiger partial charge in [-0.05, 0) is 0 Å². The van der Waals surface area contributed by atoms with Gasteiger partial charge in [-0.2, -0.15) is 11.8 Å². The van der Waals surface area contributed by atoms with Crippen molar-refractivity contribution in [3.05, 3.63) is 0 Å². The number of thioether (sulfide) groups is 1. The molecule has 0 radical (unpaired) electrons. The van der Waals surface area contributed by atoms with Crippen molar-refractivity contribution in [1.82, 2.24) is 0 Å². The van der Waals surface area contributed by atoms with Crippen LogP contribution in [0.1, 0.15) is 13.3 Å². The molecular formula is C7H10O3S. The summed E-state index contributed by atoms with van der Waals surface area (Å²) in [6, 6.07) is 0. The Balaban J connectivity index is 2.70. The molecule has 0 spiro atoms. The quantitative estimate of drug-likeness (QED) is 0.597. The lowest BCUT2D eigenvalue weighted by Crippen LogP contribution is -2.35. The SMILES string of the molecule is CC1SCCC(=O)C1C(=O)O. The lowest BCUT2D eigenvalue weighted by Gasteiger charge is -2.23. The Morgan fingerprint density at radius 3 is 2.73 bits per heavy atom. The highest BCUT2D eigenvalue weighted by atomic mass is 32.2. The van der Waals surface area contributed by atoms with Crippen molar-refractivity contribution in [2.45, 2.75) is 18.6 Å². The molecule has 62 valence electrons. The highest BCUT2D eigenvalue weighted by Crippen LogP contribution is 2.27. The van der Waals surface area contributed by atoms with Gasteiger partial charge in [0.15, 0.2) is 0 Å². The molecule has 3 nitrogen and oxygen atoms in total. The topological polar surface area (TPSA) is 54.4 Å². The second kappa shape index (κ2) is 3.26. The zero-order valence-corrected chi connectivity index (χ0v) is 7.06. The van der Waals surface area contributed by atoms with Gasteiger partial charge in [0.05, 0.1) is 0 Å². The molecule has 1 saturated heterocycles. The fourth-order valence-corrected chi connectivity index (χ4v) is 2.35. The van der Waals surface area contributed by atoms with Crippen molar-refractivity contribution in [3.63, 3.8) is 0 Å². The number of carbonyl (C=O) groups is 2. The number of carboxylic acid groups (broad SMARTS) is 1. The molecule has 0 amide bonds. The highest BCUT2D eigenvalue weighted by molar-refractivity contribution is 8.00. The fourth-order valence-electron chi connectivity index (χ4n) is 1.20. The molecule has 0 aromatic rings. The molecule has 1 aliphatic heterocycles. The van der Waals surface area contributed by atoms with Crippen LogP contribution in [0.15, 0.2) is 0 Å². The summed E-state index contributed by atoms with van der Waals surface area (Å²) in [5.74, 6) is -1.10. The van der Waals surface area contributed by atoms with Crippen molar-refractivity contribution in [2.75, 3.05) is 5.75 Å². The summed E-state index contributed by atoms with van der Waals surface area (Å²) < 4.78 is 0. The van der Waals surface area contributed by atoms with Crippen LogP contribution >= 0.6 is 11.8 Å². The van der Waals surface area contributed by atoms with E-state index in [9.17, 15) is 9.59 Å². The first kappa shape index (κ1) is 8.59. The van der Waals surface area contributed by atoms with E-state index in [1.165, 1.54) is 0 Å². The van der Waals surface area contributed by atoms with Gasteiger partial charge in [0.2, 0.25) is 0 Å². The van der Waals surface area contributed by atoms with E-state index in [-0.39, 0.29) is 11.0 Å². The number of hydrogen-bond donors (Lipinski definition) is 1. The second-order valence-corrected chi connectivity index (χ2v) is 4.09. The Bertz CT molecular complexity index is 190. The van der Waals surface area contributed by atoms with Crippen LogP contribution in [0.25, 0.3) is 0 Å². The molecule has 4 heteroatoms. The maximum Gasteiger partial charge on any atom is 0.315 e. The van der Waals surface area contributed by atoms with Gasteiger partial charge in [-0.25, -0.2) is 0 Å². The van der Waals surface area contributed by atoms with Crippen molar-refractivity contribution in [3.8, 4) is 0 Å². The van der Waals surface area contributed by atoms with Gasteiger partial charge in [0.1, 0.15) is 11.7 Å². The lowest BCUT2D eigenvalue weighted by atomic mass is 9.98. The number of hydrogen-bond acceptors (Lipinski definition) is 3. The molecule has 0 aromatic carbocycles. The molecule has 1 rings (SSSR count). The normalized spacial score (nSPS) is 31.9. The Labute approximate surface area is 69.2 Å². The number of Topliss-reactive ketones (excluding diaryl/α,β-unsaturated/α-hetero) is 1. The molecule has 1 N–H and O–H groups in total. The minimum Gasteiger partial charge on any atom is -0.481 e. The van der Waals surface area contributed by atoms with Crippen LogP contribution in [0.2, 0.25) is 0 Å². The van der Waals surface area contributed by atoms with E-state index >= 15 is 0 Å². The van der Waals surface area contributed by atoms with Gasteiger partial charge in [-0.1, -0.05) is 6.92 Å². The summed E-state index contributed by atoms with van der Waals surface area (Å²) >= 11 is 1.56. The molecular weight excluding hydrogens is 164 g/mol. The molecule has 1 heterocycles. The van der Waals surface area contributed by atoms with Crippen LogP contribution < -0.4 is 0 Å². The van der Waals surface area contributed by atoms with Crippen molar-refractivity contribution >= 4 is 23.5 Å². The zero-order chi connectivity index (χ0) is 8.43. The van der Waals surface area contributed by atoms with Gasteiger partial charge in [0, 0.05) is 17.4 Å². The third-order valence-electron chi connectivity index (χ3n) is 1.81. The average Bonchev–Trinajstić information content (AvgIpc) is 1.85. The molecule has 2 unspecified atom stereocenters. The average molecular weight is 174 g/mol. The number of aliphatic carboxylic acids is 1.